The number of hydrogen-bond acceptors (Lipinski definition) is 2. The van der Waals surface area contributed by atoms with E-state index >= 15 is 0 Å². The Morgan fingerprint density at radius 2 is 0.800 bits per heavy atom. The Bertz CT molecular complexity index is 2560. The van der Waals surface area contributed by atoms with Gasteiger partial charge in [-0.2, -0.15) is 0 Å². The second-order valence-corrected chi connectivity index (χ2v) is 15.6. The topological polar surface area (TPSA) is 0 Å². The first-order chi connectivity index (χ1) is 24.5. The lowest BCUT2D eigenvalue weighted by Gasteiger charge is -2.18. The average Bonchev–Trinajstić information content (AvgIpc) is 3.73. The minimum atomic E-state index is 0.985. The third-order valence-corrected chi connectivity index (χ3v) is 13.0. The highest BCUT2D eigenvalue weighted by Gasteiger charge is 2.17. The lowest BCUT2D eigenvalue weighted by atomic mass is 9.86. The summed E-state index contributed by atoms with van der Waals surface area (Å²) in [6.45, 7) is 9.12. The highest BCUT2D eigenvalue weighted by Crippen LogP contribution is 2.44. The van der Waals surface area contributed by atoms with E-state index in [4.69, 9.17) is 0 Å². The van der Waals surface area contributed by atoms with Gasteiger partial charge in [0.15, 0.2) is 0 Å². The fourth-order valence-corrected chi connectivity index (χ4v) is 10.5. The summed E-state index contributed by atoms with van der Waals surface area (Å²) in [6, 6.07) is 50.2. The second-order valence-electron chi connectivity index (χ2n) is 13.5. The zero-order valence-electron chi connectivity index (χ0n) is 28.9. The second kappa shape index (κ2) is 12.4. The first-order valence-electron chi connectivity index (χ1n) is 17.7. The van der Waals surface area contributed by atoms with E-state index in [1.54, 1.807) is 0 Å². The van der Waals surface area contributed by atoms with Crippen LogP contribution in [0.25, 0.3) is 84.9 Å². The maximum atomic E-state index is 2.47. The molecule has 9 aromatic rings. The molecule has 0 radical (unpaired) electrons. The van der Waals surface area contributed by atoms with Gasteiger partial charge in [-0.05, 0) is 106 Å². The molecule has 2 aromatic heterocycles. The molecule has 242 valence electrons. The lowest BCUT2D eigenvalue weighted by molar-refractivity contribution is 1.10. The van der Waals surface area contributed by atoms with Crippen molar-refractivity contribution in [2.45, 2.75) is 40.5 Å². The van der Waals surface area contributed by atoms with Crippen molar-refractivity contribution in [1.82, 2.24) is 0 Å². The SMILES string of the molecule is CCc1cc(-c2ccc(-c3cccc4c3sc3ccccc34)c(C)c2)c(CC)cc1-c1ccc(-c2cccc3c2sc2ccccc23)c(C)c1. The van der Waals surface area contributed by atoms with Gasteiger partial charge in [-0.1, -0.05) is 135 Å². The number of aryl methyl sites for hydroxylation is 4. The smallest absolute Gasteiger partial charge is 0.0433 e. The summed E-state index contributed by atoms with van der Waals surface area (Å²) >= 11 is 3.81. The van der Waals surface area contributed by atoms with Crippen molar-refractivity contribution in [2.24, 2.45) is 0 Å². The molecule has 2 heterocycles. The Morgan fingerprint density at radius 3 is 1.22 bits per heavy atom. The zero-order valence-corrected chi connectivity index (χ0v) is 30.6. The van der Waals surface area contributed by atoms with Crippen LogP contribution in [0.15, 0.2) is 133 Å². The van der Waals surface area contributed by atoms with E-state index in [9.17, 15) is 0 Å². The summed E-state index contributed by atoms with van der Waals surface area (Å²) in [7, 11) is 0. The fourth-order valence-electron chi connectivity index (χ4n) is 8.00. The molecular formula is C48H38S2. The molecule has 9 rings (SSSR count). The first-order valence-corrected chi connectivity index (χ1v) is 19.3. The monoisotopic (exact) mass is 678 g/mol. The van der Waals surface area contributed by atoms with Gasteiger partial charge in [0.05, 0.1) is 0 Å². The third-order valence-electron chi connectivity index (χ3n) is 10.6. The maximum absolute atomic E-state index is 2.47. The Kier molecular flexibility index (Phi) is 7.68. The lowest BCUT2D eigenvalue weighted by Crippen LogP contribution is -1.97. The largest absolute Gasteiger partial charge is 0.135 e. The van der Waals surface area contributed by atoms with E-state index in [2.05, 4.69) is 161 Å². The van der Waals surface area contributed by atoms with Gasteiger partial charge >= 0.3 is 0 Å². The highest BCUT2D eigenvalue weighted by atomic mass is 32.1. The van der Waals surface area contributed by atoms with Crippen molar-refractivity contribution in [3.63, 3.8) is 0 Å². The molecule has 0 spiro atoms. The molecule has 0 unspecified atom stereocenters. The third kappa shape index (κ3) is 5.01. The summed E-state index contributed by atoms with van der Waals surface area (Å²) in [5, 5.41) is 5.40. The number of rotatable bonds is 6. The summed E-state index contributed by atoms with van der Waals surface area (Å²) in [5.41, 5.74) is 16.0. The molecule has 0 aliphatic carbocycles. The minimum absolute atomic E-state index is 0.985. The van der Waals surface area contributed by atoms with Gasteiger partial charge in [-0.15, -0.1) is 22.7 Å². The molecule has 2 heteroatoms. The van der Waals surface area contributed by atoms with Crippen molar-refractivity contribution in [3.05, 3.63) is 156 Å². The fraction of sp³-hybridized carbons (Fsp3) is 0.125. The predicted octanol–water partition coefficient (Wildman–Crippen LogP) is 14.8. The Balaban J connectivity index is 1.10. The molecular weight excluding hydrogens is 641 g/mol. The van der Waals surface area contributed by atoms with Crippen LogP contribution in [0.4, 0.5) is 0 Å². The quantitative estimate of drug-likeness (QED) is 0.164. The molecule has 50 heavy (non-hydrogen) atoms. The van der Waals surface area contributed by atoms with Crippen molar-refractivity contribution in [2.75, 3.05) is 0 Å². The van der Waals surface area contributed by atoms with Crippen LogP contribution in [0.5, 0.6) is 0 Å². The van der Waals surface area contributed by atoms with Gasteiger partial charge in [0.25, 0.3) is 0 Å². The van der Waals surface area contributed by atoms with Crippen LogP contribution in [-0.4, -0.2) is 0 Å². The van der Waals surface area contributed by atoms with E-state index in [0.29, 0.717) is 0 Å². The average molecular weight is 679 g/mol. The minimum Gasteiger partial charge on any atom is -0.135 e. The highest BCUT2D eigenvalue weighted by molar-refractivity contribution is 7.26. The van der Waals surface area contributed by atoms with Gasteiger partial charge in [0.2, 0.25) is 0 Å². The Labute approximate surface area is 302 Å². The molecule has 0 saturated carbocycles. The van der Waals surface area contributed by atoms with E-state index in [0.717, 1.165) is 12.8 Å². The number of hydrogen-bond donors (Lipinski definition) is 0. The molecule has 0 amide bonds. The molecule has 0 nitrogen and oxygen atoms in total. The maximum Gasteiger partial charge on any atom is 0.0433 e. The normalized spacial score (nSPS) is 11.8. The molecule has 0 bridgehead atoms. The summed E-state index contributed by atoms with van der Waals surface area (Å²) in [6.07, 6.45) is 1.97. The first kappa shape index (κ1) is 31.0. The van der Waals surface area contributed by atoms with E-state index in [1.165, 1.54) is 107 Å². The van der Waals surface area contributed by atoms with Crippen molar-refractivity contribution in [1.29, 1.82) is 0 Å². The van der Waals surface area contributed by atoms with Crippen molar-refractivity contribution >= 4 is 63.0 Å². The Morgan fingerprint density at radius 1 is 0.380 bits per heavy atom. The number of benzene rings is 7. The van der Waals surface area contributed by atoms with Crippen LogP contribution in [0.2, 0.25) is 0 Å². The van der Waals surface area contributed by atoms with Crippen molar-refractivity contribution < 1.29 is 0 Å². The van der Waals surface area contributed by atoms with Crippen LogP contribution in [0.1, 0.15) is 36.1 Å². The molecule has 0 atom stereocenters. The summed E-state index contributed by atoms with van der Waals surface area (Å²) in [5.74, 6) is 0. The standard InChI is InChI=1S/C48H38S2/c1-5-31-27-44(34-22-24-36(30(4)26-34)40-16-12-18-42-38-14-8-10-20-46(38)50-48(40)42)32(6-2)28-43(31)33-21-23-35(29(3)25-33)39-15-11-17-41-37-13-7-9-19-45(37)49-47(39)41/h7-28H,5-6H2,1-4H3. The van der Waals surface area contributed by atoms with Gasteiger partial charge in [-0.3, -0.25) is 0 Å². The van der Waals surface area contributed by atoms with Gasteiger partial charge in [0.1, 0.15) is 0 Å². The van der Waals surface area contributed by atoms with Crippen LogP contribution in [-0.2, 0) is 12.8 Å². The van der Waals surface area contributed by atoms with Crippen LogP contribution >= 0.6 is 22.7 Å². The van der Waals surface area contributed by atoms with Gasteiger partial charge < -0.3 is 0 Å². The molecule has 7 aromatic carbocycles. The van der Waals surface area contributed by atoms with Crippen LogP contribution in [0.3, 0.4) is 0 Å². The number of thiophene rings is 2. The molecule has 0 N–H and O–H groups in total. The molecule has 0 saturated heterocycles. The zero-order chi connectivity index (χ0) is 33.9. The molecule has 0 aliphatic rings. The van der Waals surface area contributed by atoms with E-state index < -0.39 is 0 Å². The molecule has 0 fully saturated rings. The number of fused-ring (bicyclic) bond motifs is 6. The van der Waals surface area contributed by atoms with E-state index in [1.807, 2.05) is 22.7 Å². The van der Waals surface area contributed by atoms with Crippen molar-refractivity contribution in [3.8, 4) is 44.5 Å². The van der Waals surface area contributed by atoms with Gasteiger partial charge in [0, 0.05) is 40.3 Å². The summed E-state index contributed by atoms with van der Waals surface area (Å²) in [4.78, 5) is 0. The summed E-state index contributed by atoms with van der Waals surface area (Å²) < 4.78 is 5.45. The van der Waals surface area contributed by atoms with E-state index in [-0.39, 0.29) is 0 Å². The van der Waals surface area contributed by atoms with Crippen LogP contribution < -0.4 is 0 Å². The molecule has 0 aliphatic heterocycles. The Hall–Kier alpha value is -5.02. The van der Waals surface area contributed by atoms with Gasteiger partial charge in [-0.25, -0.2) is 0 Å². The predicted molar refractivity (Wildman–Crippen MR) is 222 cm³/mol. The van der Waals surface area contributed by atoms with Crippen LogP contribution in [0, 0.1) is 13.8 Å².